The Labute approximate surface area is 237 Å². The van der Waals surface area contributed by atoms with Gasteiger partial charge in [0.1, 0.15) is 17.3 Å². The Kier molecular flexibility index (Phi) is 8.25. The summed E-state index contributed by atoms with van der Waals surface area (Å²) >= 11 is 1.53. The number of nitrogens with zero attached hydrogens (tertiary/aromatic N) is 6. The Morgan fingerprint density at radius 3 is 2.38 bits per heavy atom. The molecule has 0 radical (unpaired) electrons. The van der Waals surface area contributed by atoms with Crippen molar-refractivity contribution in [3.63, 3.8) is 0 Å². The number of ether oxygens (including phenoxy) is 2. The van der Waals surface area contributed by atoms with Crippen molar-refractivity contribution in [2.75, 3.05) is 62.5 Å². The van der Waals surface area contributed by atoms with Crippen molar-refractivity contribution >= 4 is 39.8 Å². The third-order valence-corrected chi connectivity index (χ3v) is 7.56. The molecular formula is C28H32N8O3S. The lowest BCUT2D eigenvalue weighted by Gasteiger charge is -2.34. The highest BCUT2D eigenvalue weighted by atomic mass is 32.1. The molecular weight excluding hydrogens is 528 g/mol. The SMILES string of the molecule is CCNc1nc(-c2cc(OC)cc(OC)c2)c(-c2ccnc(Nc3ccc(N4CCN(C(C)=O)CC4)nc3)n2)s1. The molecule has 0 atom stereocenters. The van der Waals surface area contributed by atoms with Crippen molar-refractivity contribution < 1.29 is 14.3 Å². The van der Waals surface area contributed by atoms with Gasteiger partial charge in [0, 0.05) is 57.5 Å². The van der Waals surface area contributed by atoms with Crippen LogP contribution in [0.1, 0.15) is 13.8 Å². The van der Waals surface area contributed by atoms with E-state index in [-0.39, 0.29) is 5.91 Å². The van der Waals surface area contributed by atoms with Gasteiger partial charge in [0.25, 0.3) is 0 Å². The predicted octanol–water partition coefficient (Wildman–Crippen LogP) is 4.52. The Morgan fingerprint density at radius 2 is 1.75 bits per heavy atom. The van der Waals surface area contributed by atoms with E-state index in [2.05, 4.69) is 25.5 Å². The summed E-state index contributed by atoms with van der Waals surface area (Å²) in [6.45, 7) is 7.32. The quantitative estimate of drug-likeness (QED) is 0.302. The fraction of sp³-hybridized carbons (Fsp3) is 0.321. The summed E-state index contributed by atoms with van der Waals surface area (Å²) in [6.07, 6.45) is 3.50. The van der Waals surface area contributed by atoms with E-state index >= 15 is 0 Å². The lowest BCUT2D eigenvalue weighted by Crippen LogP contribution is -2.48. The first-order chi connectivity index (χ1) is 19.5. The van der Waals surface area contributed by atoms with Crippen LogP contribution in [-0.4, -0.2) is 77.7 Å². The van der Waals surface area contributed by atoms with Gasteiger partial charge < -0.3 is 29.9 Å². The third kappa shape index (κ3) is 6.07. The van der Waals surface area contributed by atoms with Crippen molar-refractivity contribution in [1.82, 2.24) is 24.8 Å². The molecule has 208 valence electrons. The molecule has 1 amide bonds. The number of anilines is 4. The average molecular weight is 561 g/mol. The van der Waals surface area contributed by atoms with Gasteiger partial charge in [-0.3, -0.25) is 4.79 Å². The zero-order valence-electron chi connectivity index (χ0n) is 23.0. The van der Waals surface area contributed by atoms with E-state index in [1.54, 1.807) is 33.5 Å². The van der Waals surface area contributed by atoms with Gasteiger partial charge in [-0.2, -0.15) is 0 Å². The molecule has 2 N–H and O–H groups in total. The largest absolute Gasteiger partial charge is 0.497 e. The number of methoxy groups -OCH3 is 2. The van der Waals surface area contributed by atoms with Gasteiger partial charge in [-0.05, 0) is 37.3 Å². The molecule has 1 aliphatic rings. The molecule has 11 nitrogen and oxygen atoms in total. The van der Waals surface area contributed by atoms with Crippen LogP contribution in [0.3, 0.4) is 0 Å². The second-order valence-corrected chi connectivity index (χ2v) is 10.1. The van der Waals surface area contributed by atoms with Crippen LogP contribution in [0.15, 0.2) is 48.8 Å². The lowest BCUT2D eigenvalue weighted by atomic mass is 10.1. The minimum Gasteiger partial charge on any atom is -0.497 e. The Balaban J connectivity index is 1.38. The predicted molar refractivity (Wildman–Crippen MR) is 158 cm³/mol. The fourth-order valence-electron chi connectivity index (χ4n) is 4.43. The van der Waals surface area contributed by atoms with E-state index in [1.807, 2.05) is 48.2 Å². The molecule has 1 aliphatic heterocycles. The molecule has 4 heterocycles. The van der Waals surface area contributed by atoms with Crippen LogP contribution < -0.4 is 25.0 Å². The van der Waals surface area contributed by atoms with Gasteiger partial charge in [-0.15, -0.1) is 0 Å². The summed E-state index contributed by atoms with van der Waals surface area (Å²) in [6, 6.07) is 11.5. The minimum absolute atomic E-state index is 0.112. The fourth-order valence-corrected chi connectivity index (χ4v) is 5.46. The molecule has 0 saturated carbocycles. The maximum absolute atomic E-state index is 11.6. The molecule has 40 heavy (non-hydrogen) atoms. The number of benzene rings is 1. The smallest absolute Gasteiger partial charge is 0.227 e. The highest BCUT2D eigenvalue weighted by molar-refractivity contribution is 7.19. The highest BCUT2D eigenvalue weighted by Gasteiger charge is 2.20. The maximum Gasteiger partial charge on any atom is 0.227 e. The molecule has 1 saturated heterocycles. The number of pyridine rings is 1. The molecule has 5 rings (SSSR count). The molecule has 0 spiro atoms. The summed E-state index contributed by atoms with van der Waals surface area (Å²) in [4.78, 5) is 35.3. The van der Waals surface area contributed by atoms with Crippen LogP contribution in [0.2, 0.25) is 0 Å². The third-order valence-electron chi connectivity index (χ3n) is 6.52. The maximum atomic E-state index is 11.6. The van der Waals surface area contributed by atoms with Crippen molar-refractivity contribution in [2.45, 2.75) is 13.8 Å². The van der Waals surface area contributed by atoms with Crippen LogP contribution in [0.4, 0.5) is 22.6 Å². The first-order valence-electron chi connectivity index (χ1n) is 13.0. The second-order valence-electron chi connectivity index (χ2n) is 9.12. The van der Waals surface area contributed by atoms with Gasteiger partial charge in [0.05, 0.1) is 42.4 Å². The van der Waals surface area contributed by atoms with E-state index in [0.717, 1.165) is 58.1 Å². The first-order valence-corrected chi connectivity index (χ1v) is 13.8. The van der Waals surface area contributed by atoms with Crippen molar-refractivity contribution in [2.24, 2.45) is 0 Å². The number of aromatic nitrogens is 4. The number of hydrogen-bond acceptors (Lipinski definition) is 11. The topological polar surface area (TPSA) is 118 Å². The van der Waals surface area contributed by atoms with E-state index in [4.69, 9.17) is 19.4 Å². The van der Waals surface area contributed by atoms with Crippen molar-refractivity contribution in [3.8, 4) is 33.3 Å². The average Bonchev–Trinajstić information content (AvgIpc) is 3.42. The van der Waals surface area contributed by atoms with Crippen LogP contribution >= 0.6 is 11.3 Å². The molecule has 0 bridgehead atoms. The zero-order chi connectivity index (χ0) is 28.1. The van der Waals surface area contributed by atoms with Gasteiger partial charge in [0.15, 0.2) is 5.13 Å². The number of piperazine rings is 1. The Bertz CT molecular complexity index is 1450. The minimum atomic E-state index is 0.112. The van der Waals surface area contributed by atoms with E-state index in [9.17, 15) is 4.79 Å². The number of hydrogen-bond donors (Lipinski definition) is 2. The summed E-state index contributed by atoms with van der Waals surface area (Å²) in [5.74, 6) is 2.80. The van der Waals surface area contributed by atoms with Crippen LogP contribution in [-0.2, 0) is 4.79 Å². The van der Waals surface area contributed by atoms with E-state index < -0.39 is 0 Å². The number of thiazole rings is 1. The number of carbonyl (C=O) groups excluding carboxylic acids is 1. The number of nitrogens with one attached hydrogen (secondary N) is 2. The highest BCUT2D eigenvalue weighted by Crippen LogP contribution is 2.40. The zero-order valence-corrected chi connectivity index (χ0v) is 23.8. The summed E-state index contributed by atoms with van der Waals surface area (Å²) in [5, 5.41) is 7.38. The molecule has 1 aromatic carbocycles. The number of amides is 1. The molecule has 1 fully saturated rings. The summed E-state index contributed by atoms with van der Waals surface area (Å²) < 4.78 is 11.0. The summed E-state index contributed by atoms with van der Waals surface area (Å²) in [7, 11) is 3.26. The number of rotatable bonds is 9. The normalized spacial score (nSPS) is 13.2. The lowest BCUT2D eigenvalue weighted by molar-refractivity contribution is -0.129. The van der Waals surface area contributed by atoms with Crippen LogP contribution in [0, 0.1) is 0 Å². The van der Waals surface area contributed by atoms with Crippen molar-refractivity contribution in [1.29, 1.82) is 0 Å². The second kappa shape index (κ2) is 12.2. The van der Waals surface area contributed by atoms with Gasteiger partial charge in [-0.25, -0.2) is 19.9 Å². The monoisotopic (exact) mass is 560 g/mol. The van der Waals surface area contributed by atoms with Crippen LogP contribution in [0.5, 0.6) is 11.5 Å². The van der Waals surface area contributed by atoms with Crippen molar-refractivity contribution in [3.05, 3.63) is 48.8 Å². The molecule has 4 aromatic rings. The summed E-state index contributed by atoms with van der Waals surface area (Å²) in [5.41, 5.74) is 3.16. The molecule has 0 aliphatic carbocycles. The Hall–Kier alpha value is -4.45. The van der Waals surface area contributed by atoms with Gasteiger partial charge in [-0.1, -0.05) is 11.3 Å². The molecule has 0 unspecified atom stereocenters. The van der Waals surface area contributed by atoms with Crippen LogP contribution in [0.25, 0.3) is 21.8 Å². The van der Waals surface area contributed by atoms with E-state index in [0.29, 0.717) is 30.5 Å². The Morgan fingerprint density at radius 1 is 1.00 bits per heavy atom. The standard InChI is InChI=1S/C28H32N8O3S/c1-5-29-28-34-25(19-14-21(38-3)16-22(15-19)39-4)26(40-28)23-8-9-30-27(33-23)32-20-6-7-24(31-17-20)36-12-10-35(11-13-36)18(2)37/h6-9,14-17H,5,10-13H2,1-4H3,(H,29,34)(H,30,32,33). The number of carbonyl (C=O) groups is 1. The first kappa shape index (κ1) is 27.1. The molecule has 3 aromatic heterocycles. The van der Waals surface area contributed by atoms with Gasteiger partial charge in [0.2, 0.25) is 11.9 Å². The molecule has 12 heteroatoms. The van der Waals surface area contributed by atoms with Gasteiger partial charge >= 0.3 is 0 Å². The van der Waals surface area contributed by atoms with E-state index in [1.165, 1.54) is 11.3 Å².